The maximum Gasteiger partial charge on any atom is 0.249 e. The fraction of sp³-hybridized carbons (Fsp3) is 0.333. The molecule has 2 aromatic rings. The minimum absolute atomic E-state index is 0.0258. The molecule has 0 saturated carbocycles. The Bertz CT molecular complexity index is 778. The molecule has 23 heavy (non-hydrogen) atoms. The van der Waals surface area contributed by atoms with Gasteiger partial charge in [0.2, 0.25) is 5.91 Å². The summed E-state index contributed by atoms with van der Waals surface area (Å²) in [6, 6.07) is 5.00. The maximum atomic E-state index is 14.4. The van der Waals surface area contributed by atoms with E-state index in [-0.39, 0.29) is 11.7 Å². The van der Waals surface area contributed by atoms with E-state index < -0.39 is 0 Å². The van der Waals surface area contributed by atoms with Gasteiger partial charge in [-0.3, -0.25) is 4.79 Å². The first-order valence-electron chi connectivity index (χ1n) is 7.70. The van der Waals surface area contributed by atoms with Crippen molar-refractivity contribution >= 4 is 12.0 Å². The Labute approximate surface area is 135 Å². The molecule has 0 spiro atoms. The van der Waals surface area contributed by atoms with Crippen LogP contribution in [0.15, 0.2) is 36.3 Å². The first-order chi connectivity index (χ1) is 10.9. The van der Waals surface area contributed by atoms with E-state index >= 15 is 0 Å². The lowest BCUT2D eigenvalue weighted by Gasteiger charge is -2.29. The number of likely N-dealkylation sites (tertiary alicyclic amines) is 1. The third kappa shape index (κ3) is 3.18. The molecule has 0 N–H and O–H groups in total. The van der Waals surface area contributed by atoms with Crippen LogP contribution in [0.2, 0.25) is 0 Å². The van der Waals surface area contributed by atoms with Gasteiger partial charge in [0.15, 0.2) is 0 Å². The number of aromatic nitrogens is 2. The standard InChI is InChI=1S/C18H20FN3O/c1-12-6-15(18(23)21(3)9-12)7-14-4-5-17(16(19)8-14)22-10-13(2)20-11-22/h4-5,7-8,10-12H,6,9H2,1-3H3/b15-7+/t12-/m0/s1. The molecular weight excluding hydrogens is 293 g/mol. The summed E-state index contributed by atoms with van der Waals surface area (Å²) in [6.45, 7) is 4.74. The maximum absolute atomic E-state index is 14.4. The van der Waals surface area contributed by atoms with E-state index in [0.29, 0.717) is 17.2 Å². The molecule has 2 heterocycles. The molecule has 1 saturated heterocycles. The number of likely N-dealkylation sites (N-methyl/N-ethyl adjacent to an activating group) is 1. The van der Waals surface area contributed by atoms with Crippen molar-refractivity contribution in [1.29, 1.82) is 0 Å². The van der Waals surface area contributed by atoms with Crippen molar-refractivity contribution in [2.24, 2.45) is 5.92 Å². The summed E-state index contributed by atoms with van der Waals surface area (Å²) in [5, 5.41) is 0. The van der Waals surface area contributed by atoms with Gasteiger partial charge in [0.25, 0.3) is 0 Å². The number of amides is 1. The highest BCUT2D eigenvalue weighted by molar-refractivity contribution is 5.98. The van der Waals surface area contributed by atoms with Gasteiger partial charge in [-0.25, -0.2) is 9.37 Å². The number of carbonyl (C=O) groups is 1. The van der Waals surface area contributed by atoms with Crippen molar-refractivity contribution in [1.82, 2.24) is 14.5 Å². The van der Waals surface area contributed by atoms with Crippen LogP contribution < -0.4 is 0 Å². The number of carbonyl (C=O) groups excluding carboxylic acids is 1. The van der Waals surface area contributed by atoms with E-state index in [4.69, 9.17) is 0 Å². The highest BCUT2D eigenvalue weighted by atomic mass is 19.1. The van der Waals surface area contributed by atoms with Crippen LogP contribution in [-0.4, -0.2) is 34.0 Å². The Kier molecular flexibility index (Phi) is 4.03. The molecule has 1 aliphatic rings. The summed E-state index contributed by atoms with van der Waals surface area (Å²) in [5.41, 5.74) is 2.72. The summed E-state index contributed by atoms with van der Waals surface area (Å²) in [7, 11) is 1.80. The number of rotatable bonds is 2. The molecule has 0 radical (unpaired) electrons. The number of benzene rings is 1. The van der Waals surface area contributed by atoms with Crippen LogP contribution >= 0.6 is 0 Å². The fourth-order valence-corrected chi connectivity index (χ4v) is 3.02. The summed E-state index contributed by atoms with van der Waals surface area (Å²) in [5.74, 6) is 0.112. The van der Waals surface area contributed by atoms with Gasteiger partial charge in [-0.05, 0) is 43.0 Å². The van der Waals surface area contributed by atoms with Gasteiger partial charge >= 0.3 is 0 Å². The van der Waals surface area contributed by atoms with Gasteiger partial charge in [0.05, 0.1) is 17.7 Å². The quantitative estimate of drug-likeness (QED) is 0.799. The first-order valence-corrected chi connectivity index (χ1v) is 7.70. The van der Waals surface area contributed by atoms with Crippen molar-refractivity contribution in [2.75, 3.05) is 13.6 Å². The summed E-state index contributed by atoms with van der Waals surface area (Å²) < 4.78 is 16.0. The van der Waals surface area contributed by atoms with E-state index in [1.807, 2.05) is 13.0 Å². The Morgan fingerprint density at radius 3 is 2.83 bits per heavy atom. The number of aryl methyl sites for hydroxylation is 1. The Morgan fingerprint density at radius 2 is 2.17 bits per heavy atom. The van der Waals surface area contributed by atoms with E-state index in [9.17, 15) is 9.18 Å². The summed E-state index contributed by atoms with van der Waals surface area (Å²) >= 11 is 0. The van der Waals surface area contributed by atoms with Crippen LogP contribution in [0.3, 0.4) is 0 Å². The lowest BCUT2D eigenvalue weighted by molar-refractivity contribution is -0.128. The second-order valence-corrected chi connectivity index (χ2v) is 6.30. The Morgan fingerprint density at radius 1 is 1.39 bits per heavy atom. The Hall–Kier alpha value is -2.43. The van der Waals surface area contributed by atoms with Gasteiger partial charge in [0.1, 0.15) is 5.82 Å². The predicted octanol–water partition coefficient (Wildman–Crippen LogP) is 3.20. The molecule has 1 fully saturated rings. The third-order valence-electron chi connectivity index (χ3n) is 4.08. The van der Waals surface area contributed by atoms with Crippen molar-refractivity contribution in [3.05, 3.63) is 53.4 Å². The zero-order valence-corrected chi connectivity index (χ0v) is 13.6. The van der Waals surface area contributed by atoms with Crippen LogP contribution in [0.5, 0.6) is 0 Å². The first kappa shape index (κ1) is 15.5. The SMILES string of the molecule is Cc1cn(-c2ccc(/C=C3\C[C@H](C)CN(C)C3=O)cc2F)cn1. The van der Waals surface area contributed by atoms with Crippen LogP contribution in [0.1, 0.15) is 24.6 Å². The van der Waals surface area contributed by atoms with Crippen molar-refractivity contribution in [3.63, 3.8) is 0 Å². The molecule has 120 valence electrons. The average Bonchev–Trinajstić information content (AvgIpc) is 2.90. The second-order valence-electron chi connectivity index (χ2n) is 6.30. The van der Waals surface area contributed by atoms with Crippen LogP contribution in [0.25, 0.3) is 11.8 Å². The number of imidazole rings is 1. The van der Waals surface area contributed by atoms with Gasteiger partial charge in [0, 0.05) is 25.4 Å². The predicted molar refractivity (Wildman–Crippen MR) is 87.7 cm³/mol. The van der Waals surface area contributed by atoms with Crippen molar-refractivity contribution in [3.8, 4) is 5.69 Å². The Balaban J connectivity index is 1.91. The molecule has 5 heteroatoms. The van der Waals surface area contributed by atoms with Crippen LogP contribution in [-0.2, 0) is 4.79 Å². The second kappa shape index (κ2) is 5.99. The average molecular weight is 313 g/mol. The summed E-state index contributed by atoms with van der Waals surface area (Å²) in [4.78, 5) is 18.0. The number of halogens is 1. The van der Waals surface area contributed by atoms with Crippen LogP contribution in [0.4, 0.5) is 4.39 Å². The molecule has 0 unspecified atom stereocenters. The highest BCUT2D eigenvalue weighted by Crippen LogP contribution is 2.24. The largest absolute Gasteiger partial charge is 0.342 e. The van der Waals surface area contributed by atoms with E-state index in [0.717, 1.165) is 24.2 Å². The molecule has 1 amide bonds. The molecule has 0 bridgehead atoms. The molecule has 4 nitrogen and oxygen atoms in total. The zero-order chi connectivity index (χ0) is 16.6. The topological polar surface area (TPSA) is 38.1 Å². The molecule has 3 rings (SSSR count). The van der Waals surface area contributed by atoms with E-state index in [1.165, 1.54) is 6.07 Å². The molecule has 0 aliphatic carbocycles. The van der Waals surface area contributed by atoms with Crippen LogP contribution in [0, 0.1) is 18.7 Å². The van der Waals surface area contributed by atoms with Crippen molar-refractivity contribution < 1.29 is 9.18 Å². The number of hydrogen-bond acceptors (Lipinski definition) is 2. The molecule has 1 aliphatic heterocycles. The van der Waals surface area contributed by atoms with E-state index in [2.05, 4.69) is 11.9 Å². The number of piperidine rings is 1. The monoisotopic (exact) mass is 313 g/mol. The normalized spacial score (nSPS) is 20.3. The zero-order valence-electron chi connectivity index (χ0n) is 13.6. The van der Waals surface area contributed by atoms with Gasteiger partial charge in [-0.15, -0.1) is 0 Å². The van der Waals surface area contributed by atoms with E-state index in [1.54, 1.807) is 41.2 Å². The summed E-state index contributed by atoms with van der Waals surface area (Å²) in [6.07, 6.45) is 5.89. The minimum atomic E-state index is -0.332. The lowest BCUT2D eigenvalue weighted by atomic mass is 9.93. The molecule has 1 aromatic heterocycles. The number of hydrogen-bond donors (Lipinski definition) is 0. The highest BCUT2D eigenvalue weighted by Gasteiger charge is 2.24. The third-order valence-corrected chi connectivity index (χ3v) is 4.08. The lowest BCUT2D eigenvalue weighted by Crippen LogP contribution is -2.37. The van der Waals surface area contributed by atoms with Gasteiger partial charge in [-0.2, -0.15) is 0 Å². The molecular formula is C18H20FN3O. The number of nitrogens with zero attached hydrogens (tertiary/aromatic N) is 3. The smallest absolute Gasteiger partial charge is 0.249 e. The molecule has 1 aromatic carbocycles. The van der Waals surface area contributed by atoms with Gasteiger partial charge < -0.3 is 9.47 Å². The fourth-order valence-electron chi connectivity index (χ4n) is 3.02. The van der Waals surface area contributed by atoms with Gasteiger partial charge in [-0.1, -0.05) is 13.0 Å². The van der Waals surface area contributed by atoms with Crippen molar-refractivity contribution in [2.45, 2.75) is 20.3 Å². The minimum Gasteiger partial charge on any atom is -0.342 e. The molecule has 1 atom stereocenters.